The highest BCUT2D eigenvalue weighted by atomic mass is 16.2. The molecule has 0 radical (unpaired) electrons. The summed E-state index contributed by atoms with van der Waals surface area (Å²) in [6.45, 7) is 6.88. The Bertz CT molecular complexity index is 1210. The summed E-state index contributed by atoms with van der Waals surface area (Å²) >= 11 is 0. The number of benzene rings is 2. The van der Waals surface area contributed by atoms with Crippen molar-refractivity contribution >= 4 is 28.5 Å². The van der Waals surface area contributed by atoms with Gasteiger partial charge in [0.1, 0.15) is 5.84 Å². The number of aliphatic imine (C=N–C) groups is 1. The largest absolute Gasteiger partial charge is 0.387 e. The van der Waals surface area contributed by atoms with Gasteiger partial charge in [-0.15, -0.1) is 0 Å². The number of nitrogens with zero attached hydrogens (tertiary/aromatic N) is 2. The van der Waals surface area contributed by atoms with Crippen molar-refractivity contribution in [3.05, 3.63) is 75.6 Å². The van der Waals surface area contributed by atoms with Crippen LogP contribution in [0.3, 0.4) is 0 Å². The first-order valence-electron chi connectivity index (χ1n) is 10.9. The molecule has 0 spiro atoms. The van der Waals surface area contributed by atoms with Gasteiger partial charge in [0.25, 0.3) is 0 Å². The van der Waals surface area contributed by atoms with E-state index >= 15 is 0 Å². The number of nitrogens with two attached hydrogens (primary N) is 1. The first kappa shape index (κ1) is 21.8. The number of pyridine rings is 1. The first-order chi connectivity index (χ1) is 15.4. The summed E-state index contributed by atoms with van der Waals surface area (Å²) in [6.07, 6.45) is 1.92. The SMILES string of the molecule is Cc1cc(C)cc(CN2CCCC(/C(N)=N/C(=O)Nc3cccc4ccc(=O)[nH]c34)C2)c1. The number of fused-ring (bicyclic) bond motifs is 1. The van der Waals surface area contributed by atoms with Crippen LogP contribution >= 0.6 is 0 Å². The molecule has 1 aromatic heterocycles. The molecule has 2 aromatic carbocycles. The fourth-order valence-corrected chi connectivity index (χ4v) is 4.49. The zero-order valence-corrected chi connectivity index (χ0v) is 18.5. The number of carbonyl (C=O) groups excluding carboxylic acids is 1. The molecule has 2 amide bonds. The number of nitrogens with one attached hydrogen (secondary N) is 2. The molecule has 0 aliphatic carbocycles. The van der Waals surface area contributed by atoms with Crippen LogP contribution in [0, 0.1) is 19.8 Å². The topological polar surface area (TPSA) is 104 Å². The van der Waals surface area contributed by atoms with Crippen molar-refractivity contribution in [1.29, 1.82) is 0 Å². The van der Waals surface area contributed by atoms with E-state index in [0.29, 0.717) is 17.0 Å². The van der Waals surface area contributed by atoms with E-state index in [4.69, 9.17) is 5.73 Å². The van der Waals surface area contributed by atoms with Crippen LogP contribution in [0.4, 0.5) is 10.5 Å². The van der Waals surface area contributed by atoms with E-state index in [-0.39, 0.29) is 11.5 Å². The second-order valence-corrected chi connectivity index (χ2v) is 8.63. The Morgan fingerprint density at radius 3 is 2.75 bits per heavy atom. The number of likely N-dealkylation sites (tertiary alicyclic amines) is 1. The molecule has 166 valence electrons. The molecular weight excluding hydrogens is 402 g/mol. The third-order valence-electron chi connectivity index (χ3n) is 5.84. The van der Waals surface area contributed by atoms with Gasteiger partial charge in [0.15, 0.2) is 0 Å². The van der Waals surface area contributed by atoms with Gasteiger partial charge in [-0.25, -0.2) is 4.79 Å². The van der Waals surface area contributed by atoms with Crippen LogP contribution in [0.5, 0.6) is 0 Å². The molecule has 1 unspecified atom stereocenters. The molecule has 7 heteroatoms. The molecular formula is C25H29N5O2. The maximum atomic E-state index is 12.6. The number of amides is 2. The van der Waals surface area contributed by atoms with Gasteiger partial charge in [-0.3, -0.25) is 9.69 Å². The van der Waals surface area contributed by atoms with E-state index < -0.39 is 6.03 Å². The fraction of sp³-hybridized carbons (Fsp3) is 0.320. The normalized spacial score (nSPS) is 17.4. The molecule has 1 atom stereocenters. The van der Waals surface area contributed by atoms with E-state index in [1.807, 2.05) is 12.1 Å². The molecule has 1 saturated heterocycles. The van der Waals surface area contributed by atoms with Crippen molar-refractivity contribution < 1.29 is 4.79 Å². The van der Waals surface area contributed by atoms with Gasteiger partial charge in [-0.2, -0.15) is 4.99 Å². The van der Waals surface area contributed by atoms with Crippen molar-refractivity contribution in [2.45, 2.75) is 33.2 Å². The second kappa shape index (κ2) is 9.36. The number of amidine groups is 1. The summed E-state index contributed by atoms with van der Waals surface area (Å²) in [5.41, 5.74) is 10.9. The quantitative estimate of drug-likeness (QED) is 0.430. The second-order valence-electron chi connectivity index (χ2n) is 8.63. The Morgan fingerprint density at radius 1 is 1.19 bits per heavy atom. The number of rotatable bonds is 4. The smallest absolute Gasteiger partial charge is 0.347 e. The van der Waals surface area contributed by atoms with E-state index in [1.54, 1.807) is 12.1 Å². The van der Waals surface area contributed by atoms with E-state index in [0.717, 1.165) is 37.9 Å². The molecule has 3 aromatic rings. The fourth-order valence-electron chi connectivity index (χ4n) is 4.49. The van der Waals surface area contributed by atoms with Gasteiger partial charge in [-0.05, 0) is 50.9 Å². The summed E-state index contributed by atoms with van der Waals surface area (Å²) in [4.78, 5) is 33.5. The molecule has 7 nitrogen and oxygen atoms in total. The predicted octanol–water partition coefficient (Wildman–Crippen LogP) is 3.95. The predicted molar refractivity (Wildman–Crippen MR) is 129 cm³/mol. The number of aromatic nitrogens is 1. The number of aromatic amines is 1. The van der Waals surface area contributed by atoms with Crippen molar-refractivity contribution in [2.24, 2.45) is 16.6 Å². The molecule has 2 heterocycles. The van der Waals surface area contributed by atoms with Crippen LogP contribution in [0.25, 0.3) is 10.9 Å². The summed E-state index contributed by atoms with van der Waals surface area (Å²) in [5.74, 6) is 0.383. The highest BCUT2D eigenvalue weighted by Crippen LogP contribution is 2.22. The van der Waals surface area contributed by atoms with Crippen LogP contribution in [0.15, 0.2) is 58.3 Å². The Morgan fingerprint density at radius 2 is 1.97 bits per heavy atom. The number of hydrogen-bond acceptors (Lipinski definition) is 3. The maximum absolute atomic E-state index is 12.6. The van der Waals surface area contributed by atoms with Gasteiger partial charge in [0, 0.05) is 30.5 Å². The van der Waals surface area contributed by atoms with Crippen molar-refractivity contribution in [3.63, 3.8) is 0 Å². The summed E-state index contributed by atoms with van der Waals surface area (Å²) in [7, 11) is 0. The van der Waals surface area contributed by atoms with Crippen LogP contribution < -0.4 is 16.6 Å². The van der Waals surface area contributed by atoms with E-state index in [9.17, 15) is 9.59 Å². The van der Waals surface area contributed by atoms with Gasteiger partial charge in [-0.1, -0.05) is 41.5 Å². The molecule has 4 rings (SSSR count). The number of aryl methyl sites for hydroxylation is 2. The van der Waals surface area contributed by atoms with Gasteiger partial charge >= 0.3 is 6.03 Å². The Balaban J connectivity index is 1.43. The number of hydrogen-bond donors (Lipinski definition) is 3. The minimum Gasteiger partial charge on any atom is -0.387 e. The molecule has 32 heavy (non-hydrogen) atoms. The lowest BCUT2D eigenvalue weighted by Gasteiger charge is -2.32. The minimum absolute atomic E-state index is 0.0349. The van der Waals surface area contributed by atoms with Crippen LogP contribution in [-0.2, 0) is 6.54 Å². The standard InChI is InChI=1S/C25H29N5O2/c1-16-11-17(2)13-18(12-16)14-30-10-4-6-20(15-30)24(26)29-25(32)27-21-7-3-5-19-8-9-22(31)28-23(19)21/h3,5,7-9,11-13,20H,4,6,10,14-15H2,1-2H3,(H,28,31)(H3,26,27,29,32). The van der Waals surface area contributed by atoms with Gasteiger partial charge in [0.05, 0.1) is 11.2 Å². The number of piperidine rings is 1. The van der Waals surface area contributed by atoms with E-state index in [1.165, 1.54) is 22.8 Å². The minimum atomic E-state index is -0.536. The molecule has 1 aliphatic rings. The third kappa shape index (κ3) is 5.23. The van der Waals surface area contributed by atoms with Crippen molar-refractivity contribution in [1.82, 2.24) is 9.88 Å². The zero-order chi connectivity index (χ0) is 22.7. The highest BCUT2D eigenvalue weighted by Gasteiger charge is 2.23. The Kier molecular flexibility index (Phi) is 6.37. The van der Waals surface area contributed by atoms with Crippen molar-refractivity contribution in [3.8, 4) is 0 Å². The number of anilines is 1. The highest BCUT2D eigenvalue weighted by molar-refractivity contribution is 6.04. The Labute approximate surface area is 187 Å². The van der Waals surface area contributed by atoms with Crippen LogP contribution in [-0.4, -0.2) is 34.8 Å². The first-order valence-corrected chi connectivity index (χ1v) is 10.9. The molecule has 1 aliphatic heterocycles. The van der Waals surface area contributed by atoms with Crippen LogP contribution in [0.1, 0.15) is 29.5 Å². The number of para-hydroxylation sites is 1. The molecule has 1 fully saturated rings. The number of urea groups is 1. The average Bonchev–Trinajstić information content (AvgIpc) is 2.73. The summed E-state index contributed by atoms with van der Waals surface area (Å²) < 4.78 is 0. The summed E-state index contributed by atoms with van der Waals surface area (Å²) in [5, 5.41) is 3.58. The maximum Gasteiger partial charge on any atom is 0.347 e. The molecule has 0 bridgehead atoms. The number of carbonyl (C=O) groups is 1. The third-order valence-corrected chi connectivity index (χ3v) is 5.84. The zero-order valence-electron chi connectivity index (χ0n) is 18.5. The van der Waals surface area contributed by atoms with Crippen molar-refractivity contribution in [2.75, 3.05) is 18.4 Å². The summed E-state index contributed by atoms with van der Waals surface area (Å²) in [6, 6.07) is 14.7. The van der Waals surface area contributed by atoms with Gasteiger partial charge in [0.2, 0.25) is 5.56 Å². The Hall–Kier alpha value is -3.45. The lowest BCUT2D eigenvalue weighted by atomic mass is 9.96. The van der Waals surface area contributed by atoms with Crippen LogP contribution in [0.2, 0.25) is 0 Å². The number of H-pyrrole nitrogens is 1. The van der Waals surface area contributed by atoms with E-state index in [2.05, 4.69) is 52.2 Å². The van der Waals surface area contributed by atoms with Gasteiger partial charge < -0.3 is 16.0 Å². The molecule has 0 saturated carbocycles. The lowest BCUT2D eigenvalue weighted by molar-refractivity contribution is 0.196. The average molecular weight is 432 g/mol. The monoisotopic (exact) mass is 431 g/mol. The lowest BCUT2D eigenvalue weighted by Crippen LogP contribution is -2.41. The molecule has 4 N–H and O–H groups in total.